The molecule has 1 aromatic heterocycles. The number of carbonyl (C=O) groups is 1. The molecule has 3 aromatic rings. The van der Waals surface area contributed by atoms with Crippen LogP contribution in [0.25, 0.3) is 0 Å². The first kappa shape index (κ1) is 14.8. The molecular weight excluding hydrogens is 290 g/mol. The minimum Gasteiger partial charge on any atom is -0.495 e. The highest BCUT2D eigenvalue weighted by molar-refractivity contribution is 6.04. The van der Waals surface area contributed by atoms with Crippen molar-refractivity contribution in [2.24, 2.45) is 0 Å². The number of nitrogens with zero attached hydrogens (tertiary/aromatic N) is 2. The van der Waals surface area contributed by atoms with E-state index in [4.69, 9.17) is 4.74 Å². The van der Waals surface area contributed by atoms with E-state index < -0.39 is 0 Å². The molecule has 0 unspecified atom stereocenters. The van der Waals surface area contributed by atoms with E-state index in [1.54, 1.807) is 36.3 Å². The number of anilines is 1. The van der Waals surface area contributed by atoms with Gasteiger partial charge in [0.05, 0.1) is 31.1 Å². The molecule has 0 saturated carbocycles. The van der Waals surface area contributed by atoms with Crippen molar-refractivity contribution in [3.05, 3.63) is 78.1 Å². The average Bonchev–Trinajstić information content (AvgIpc) is 3.05. The second kappa shape index (κ2) is 6.79. The van der Waals surface area contributed by atoms with Crippen molar-refractivity contribution in [2.75, 3.05) is 12.4 Å². The Morgan fingerprint density at radius 1 is 1.13 bits per heavy atom. The molecule has 0 saturated heterocycles. The van der Waals surface area contributed by atoms with Crippen molar-refractivity contribution in [3.63, 3.8) is 0 Å². The Morgan fingerprint density at radius 3 is 2.65 bits per heavy atom. The number of methoxy groups -OCH3 is 1. The molecule has 0 aliphatic heterocycles. The Balaban J connectivity index is 1.71. The van der Waals surface area contributed by atoms with Gasteiger partial charge < -0.3 is 10.1 Å². The van der Waals surface area contributed by atoms with E-state index in [-0.39, 0.29) is 5.91 Å². The van der Waals surface area contributed by atoms with Crippen LogP contribution in [-0.4, -0.2) is 22.8 Å². The van der Waals surface area contributed by atoms with Crippen LogP contribution in [-0.2, 0) is 6.54 Å². The first-order chi connectivity index (χ1) is 11.3. The molecule has 0 bridgehead atoms. The zero-order valence-corrected chi connectivity index (χ0v) is 12.8. The summed E-state index contributed by atoms with van der Waals surface area (Å²) in [5, 5.41) is 7.08. The van der Waals surface area contributed by atoms with Crippen molar-refractivity contribution in [2.45, 2.75) is 6.54 Å². The molecule has 1 amide bonds. The van der Waals surface area contributed by atoms with Crippen molar-refractivity contribution < 1.29 is 9.53 Å². The molecule has 0 fully saturated rings. The number of nitrogens with one attached hydrogen (secondary N) is 1. The number of para-hydroxylation sites is 2. The van der Waals surface area contributed by atoms with Crippen molar-refractivity contribution in [3.8, 4) is 5.75 Å². The summed E-state index contributed by atoms with van der Waals surface area (Å²) in [4.78, 5) is 12.3. The van der Waals surface area contributed by atoms with Crippen LogP contribution < -0.4 is 10.1 Å². The van der Waals surface area contributed by atoms with Crippen molar-refractivity contribution in [1.82, 2.24) is 9.78 Å². The van der Waals surface area contributed by atoms with E-state index >= 15 is 0 Å². The molecule has 5 nitrogen and oxygen atoms in total. The predicted molar refractivity (Wildman–Crippen MR) is 88.7 cm³/mol. The molecule has 0 spiro atoms. The van der Waals surface area contributed by atoms with Gasteiger partial charge >= 0.3 is 0 Å². The lowest BCUT2D eigenvalue weighted by molar-refractivity contribution is 0.102. The summed E-state index contributed by atoms with van der Waals surface area (Å²) in [6, 6.07) is 17.3. The molecule has 2 aromatic carbocycles. The largest absolute Gasteiger partial charge is 0.495 e. The van der Waals surface area contributed by atoms with Crippen LogP contribution in [0.15, 0.2) is 67.0 Å². The third-order valence-corrected chi connectivity index (χ3v) is 3.44. The van der Waals surface area contributed by atoms with E-state index in [9.17, 15) is 4.79 Å². The van der Waals surface area contributed by atoms with Crippen LogP contribution in [0.5, 0.6) is 5.75 Å². The zero-order valence-electron chi connectivity index (χ0n) is 12.8. The van der Waals surface area contributed by atoms with Gasteiger partial charge in [0, 0.05) is 6.20 Å². The van der Waals surface area contributed by atoms with Gasteiger partial charge in [-0.2, -0.15) is 5.10 Å². The first-order valence-electron chi connectivity index (χ1n) is 7.27. The van der Waals surface area contributed by atoms with Crippen LogP contribution in [0, 0.1) is 0 Å². The van der Waals surface area contributed by atoms with Crippen LogP contribution in [0.1, 0.15) is 15.9 Å². The van der Waals surface area contributed by atoms with E-state index in [2.05, 4.69) is 10.4 Å². The maximum Gasteiger partial charge on any atom is 0.258 e. The lowest BCUT2D eigenvalue weighted by Crippen LogP contribution is -2.12. The van der Waals surface area contributed by atoms with Crippen molar-refractivity contribution in [1.29, 1.82) is 0 Å². The normalized spacial score (nSPS) is 10.3. The highest BCUT2D eigenvalue weighted by Crippen LogP contribution is 2.23. The Kier molecular flexibility index (Phi) is 4.38. The third kappa shape index (κ3) is 3.58. The number of hydrogen-bond acceptors (Lipinski definition) is 3. The minimum absolute atomic E-state index is 0.214. The molecule has 5 heteroatoms. The fraction of sp³-hybridized carbons (Fsp3) is 0.111. The van der Waals surface area contributed by atoms with E-state index in [1.165, 1.54) is 0 Å². The Labute approximate surface area is 134 Å². The van der Waals surface area contributed by atoms with E-state index in [0.29, 0.717) is 23.5 Å². The number of rotatable bonds is 5. The molecule has 3 rings (SSSR count). The molecule has 0 aliphatic carbocycles. The number of amides is 1. The fourth-order valence-electron chi connectivity index (χ4n) is 2.28. The molecular formula is C18H17N3O2. The standard InChI is InChI=1S/C18H17N3O2/c1-23-17-10-6-5-9-16(17)20-18(22)15-11-19-21(13-15)12-14-7-3-2-4-8-14/h2-11,13H,12H2,1H3,(H,20,22). The third-order valence-electron chi connectivity index (χ3n) is 3.44. The topological polar surface area (TPSA) is 56.1 Å². The quantitative estimate of drug-likeness (QED) is 0.787. The lowest BCUT2D eigenvalue weighted by atomic mass is 10.2. The summed E-state index contributed by atoms with van der Waals surface area (Å²) in [5.41, 5.74) is 2.27. The van der Waals surface area contributed by atoms with Crippen LogP contribution in [0.2, 0.25) is 0 Å². The number of carbonyl (C=O) groups excluding carboxylic acids is 1. The average molecular weight is 307 g/mol. The van der Waals surface area contributed by atoms with Gasteiger partial charge in [0.2, 0.25) is 0 Å². The highest BCUT2D eigenvalue weighted by Gasteiger charge is 2.11. The second-order valence-electron chi connectivity index (χ2n) is 5.07. The van der Waals surface area contributed by atoms with Gasteiger partial charge in [-0.1, -0.05) is 42.5 Å². The summed E-state index contributed by atoms with van der Waals surface area (Å²) in [7, 11) is 1.57. The summed E-state index contributed by atoms with van der Waals surface area (Å²) in [6.45, 7) is 0.628. The second-order valence-corrected chi connectivity index (χ2v) is 5.07. The number of ether oxygens (including phenoxy) is 1. The van der Waals surface area contributed by atoms with Crippen LogP contribution in [0.4, 0.5) is 5.69 Å². The van der Waals surface area contributed by atoms with Crippen LogP contribution in [0.3, 0.4) is 0 Å². The minimum atomic E-state index is -0.214. The summed E-state index contributed by atoms with van der Waals surface area (Å²) in [5.74, 6) is 0.409. The van der Waals surface area contributed by atoms with Gasteiger partial charge in [-0.05, 0) is 17.7 Å². The van der Waals surface area contributed by atoms with Gasteiger partial charge in [-0.3, -0.25) is 9.48 Å². The molecule has 23 heavy (non-hydrogen) atoms. The number of benzene rings is 2. The summed E-state index contributed by atoms with van der Waals surface area (Å²) in [6.07, 6.45) is 3.30. The maximum absolute atomic E-state index is 12.3. The van der Waals surface area contributed by atoms with E-state index in [1.807, 2.05) is 42.5 Å². The lowest BCUT2D eigenvalue weighted by Gasteiger charge is -2.08. The first-order valence-corrected chi connectivity index (χ1v) is 7.27. The fourth-order valence-corrected chi connectivity index (χ4v) is 2.28. The molecule has 1 heterocycles. The molecule has 116 valence electrons. The Hall–Kier alpha value is -3.08. The van der Waals surface area contributed by atoms with Crippen molar-refractivity contribution >= 4 is 11.6 Å². The molecule has 0 aliphatic rings. The molecule has 0 atom stereocenters. The summed E-state index contributed by atoms with van der Waals surface area (Å²) < 4.78 is 6.97. The molecule has 1 N–H and O–H groups in total. The predicted octanol–water partition coefficient (Wildman–Crippen LogP) is 3.19. The molecule has 0 radical (unpaired) electrons. The van der Waals surface area contributed by atoms with Gasteiger partial charge in [0.15, 0.2) is 0 Å². The summed E-state index contributed by atoms with van der Waals surface area (Å²) >= 11 is 0. The van der Waals surface area contributed by atoms with Crippen LogP contribution >= 0.6 is 0 Å². The number of hydrogen-bond donors (Lipinski definition) is 1. The SMILES string of the molecule is COc1ccccc1NC(=O)c1cnn(Cc2ccccc2)c1. The monoisotopic (exact) mass is 307 g/mol. The van der Waals surface area contributed by atoms with Gasteiger partial charge in [-0.25, -0.2) is 0 Å². The zero-order chi connectivity index (χ0) is 16.1. The maximum atomic E-state index is 12.3. The number of aromatic nitrogens is 2. The Bertz CT molecular complexity index is 797. The van der Waals surface area contributed by atoms with Gasteiger partial charge in [-0.15, -0.1) is 0 Å². The van der Waals surface area contributed by atoms with Gasteiger partial charge in [0.1, 0.15) is 5.75 Å². The highest BCUT2D eigenvalue weighted by atomic mass is 16.5. The smallest absolute Gasteiger partial charge is 0.258 e. The Morgan fingerprint density at radius 2 is 1.87 bits per heavy atom. The van der Waals surface area contributed by atoms with Gasteiger partial charge in [0.25, 0.3) is 5.91 Å². The van der Waals surface area contributed by atoms with E-state index in [0.717, 1.165) is 5.56 Å².